The average molecular weight is 442 g/mol. The maximum absolute atomic E-state index is 13.0. The fourth-order valence-electron chi connectivity index (χ4n) is 3.94. The van der Waals surface area contributed by atoms with Crippen molar-refractivity contribution in [2.45, 2.75) is 22.8 Å². The molecule has 1 saturated carbocycles. The van der Waals surface area contributed by atoms with Gasteiger partial charge in [0, 0.05) is 33.8 Å². The molecule has 4 aromatic rings. The number of carboxylic acid groups (broad SMARTS) is 1. The summed E-state index contributed by atoms with van der Waals surface area (Å²) in [6, 6.07) is 18.7. The minimum absolute atomic E-state index is 0.0560. The van der Waals surface area contributed by atoms with Gasteiger partial charge >= 0.3 is 5.97 Å². The number of hydrogen-bond acceptors (Lipinski definition) is 4. The second-order valence-corrected chi connectivity index (χ2v) is 9.57. The van der Waals surface area contributed by atoms with E-state index in [2.05, 4.69) is 4.72 Å². The Morgan fingerprint density at radius 3 is 2.40 bits per heavy atom. The molecule has 5 rings (SSSR count). The topological polar surface area (TPSA) is 96.6 Å². The summed E-state index contributed by atoms with van der Waals surface area (Å²) in [6.45, 7) is 0. The lowest BCUT2D eigenvalue weighted by molar-refractivity contribution is -0.140. The Labute approximate surface area is 177 Å². The molecular weight excluding hydrogens is 426 g/mol. The first-order chi connectivity index (χ1) is 14.3. The molecule has 152 valence electrons. The van der Waals surface area contributed by atoms with E-state index in [-0.39, 0.29) is 11.3 Å². The van der Waals surface area contributed by atoms with Crippen LogP contribution in [-0.2, 0) is 14.8 Å². The fraction of sp³-hybridized carbons (Fsp3) is 0.136. The minimum atomic E-state index is -4.10. The van der Waals surface area contributed by atoms with Crippen molar-refractivity contribution in [2.75, 3.05) is 0 Å². The fourth-order valence-corrected chi connectivity index (χ4v) is 5.52. The van der Waals surface area contributed by atoms with Crippen molar-refractivity contribution >= 4 is 49.5 Å². The van der Waals surface area contributed by atoms with Gasteiger partial charge in [-0.05, 0) is 36.2 Å². The third-order valence-corrected chi connectivity index (χ3v) is 7.32. The third kappa shape index (κ3) is 2.98. The van der Waals surface area contributed by atoms with Gasteiger partial charge in [-0.1, -0.05) is 41.9 Å². The average Bonchev–Trinajstić information content (AvgIpc) is 3.33. The lowest BCUT2D eigenvalue weighted by atomic mass is 10.1. The maximum Gasteiger partial charge on any atom is 0.325 e. The molecule has 0 bridgehead atoms. The smallest absolute Gasteiger partial charge is 0.325 e. The lowest BCUT2D eigenvalue weighted by Gasteiger charge is -2.15. The summed E-state index contributed by atoms with van der Waals surface area (Å²) < 4.78 is 34.3. The van der Waals surface area contributed by atoms with Crippen LogP contribution < -0.4 is 4.72 Å². The van der Waals surface area contributed by atoms with Crippen molar-refractivity contribution in [2.24, 2.45) is 0 Å². The van der Waals surface area contributed by atoms with Crippen molar-refractivity contribution in [3.8, 4) is 0 Å². The number of rotatable bonds is 5. The molecule has 0 amide bonds. The van der Waals surface area contributed by atoms with Crippen LogP contribution in [0.2, 0.25) is 5.02 Å². The molecule has 8 heteroatoms. The summed E-state index contributed by atoms with van der Waals surface area (Å²) >= 11 is 6.00. The number of carboxylic acids is 1. The van der Waals surface area contributed by atoms with E-state index in [1.165, 1.54) is 12.1 Å². The van der Waals surface area contributed by atoms with Gasteiger partial charge in [-0.3, -0.25) is 4.79 Å². The van der Waals surface area contributed by atoms with Gasteiger partial charge in [-0.25, -0.2) is 8.42 Å². The Morgan fingerprint density at radius 2 is 1.70 bits per heavy atom. The van der Waals surface area contributed by atoms with Crippen LogP contribution >= 0.6 is 11.6 Å². The first-order valence-corrected chi connectivity index (χ1v) is 11.1. The van der Waals surface area contributed by atoms with Crippen LogP contribution in [0, 0.1) is 0 Å². The molecule has 1 fully saturated rings. The Morgan fingerprint density at radius 1 is 1.03 bits per heavy atom. The van der Waals surface area contributed by atoms with Gasteiger partial charge < -0.3 is 9.52 Å². The van der Waals surface area contributed by atoms with Crippen molar-refractivity contribution in [3.63, 3.8) is 0 Å². The summed E-state index contributed by atoms with van der Waals surface area (Å²) in [5.74, 6) is -1.62. The number of benzene rings is 3. The Kier molecular flexibility index (Phi) is 4.18. The van der Waals surface area contributed by atoms with E-state index < -0.39 is 27.4 Å². The number of sulfonamides is 1. The number of carbonyl (C=O) groups is 1. The predicted octanol–water partition coefficient (Wildman–Crippen LogP) is 4.53. The Balaban J connectivity index is 1.52. The first kappa shape index (κ1) is 19.1. The molecule has 6 nitrogen and oxygen atoms in total. The summed E-state index contributed by atoms with van der Waals surface area (Å²) in [7, 11) is -4.10. The monoisotopic (exact) mass is 441 g/mol. The molecule has 1 aromatic heterocycles. The lowest BCUT2D eigenvalue weighted by Crippen LogP contribution is -2.44. The molecule has 1 aliphatic carbocycles. The molecule has 2 N–H and O–H groups in total. The summed E-state index contributed by atoms with van der Waals surface area (Å²) in [5.41, 5.74) is 0.159. The van der Waals surface area contributed by atoms with Gasteiger partial charge in [-0.2, -0.15) is 4.72 Å². The van der Waals surface area contributed by atoms with Crippen LogP contribution in [0.4, 0.5) is 0 Å². The predicted molar refractivity (Wildman–Crippen MR) is 113 cm³/mol. The number of hydrogen-bond donors (Lipinski definition) is 2. The number of furan rings is 1. The van der Waals surface area contributed by atoms with E-state index in [0.717, 1.165) is 16.3 Å². The number of nitrogens with one attached hydrogen (secondary N) is 1. The third-order valence-electron chi connectivity index (χ3n) is 5.58. The summed E-state index contributed by atoms with van der Waals surface area (Å²) in [6.07, 6.45) is 0.191. The largest absolute Gasteiger partial charge is 0.480 e. The van der Waals surface area contributed by atoms with Crippen molar-refractivity contribution < 1.29 is 22.7 Å². The zero-order chi connectivity index (χ0) is 21.1. The van der Waals surface area contributed by atoms with Crippen molar-refractivity contribution in [1.29, 1.82) is 0 Å². The molecular formula is C22H16ClNO5S. The normalized spacial score (nSPS) is 21.2. The number of fused-ring (bicyclic) bond motifs is 3. The van der Waals surface area contributed by atoms with Gasteiger partial charge in [0.05, 0.1) is 4.90 Å². The van der Waals surface area contributed by atoms with Gasteiger partial charge in [0.2, 0.25) is 10.0 Å². The highest BCUT2D eigenvalue weighted by molar-refractivity contribution is 7.89. The highest BCUT2D eigenvalue weighted by Gasteiger charge is 2.63. The molecule has 30 heavy (non-hydrogen) atoms. The van der Waals surface area contributed by atoms with Gasteiger partial charge in [-0.15, -0.1) is 0 Å². The second-order valence-electron chi connectivity index (χ2n) is 7.45. The zero-order valence-electron chi connectivity index (χ0n) is 15.5. The van der Waals surface area contributed by atoms with Crippen LogP contribution in [0.1, 0.15) is 17.9 Å². The van der Waals surface area contributed by atoms with Gasteiger partial charge in [0.25, 0.3) is 0 Å². The van der Waals surface area contributed by atoms with Crippen LogP contribution in [0.3, 0.4) is 0 Å². The van der Waals surface area contributed by atoms with E-state index in [1.807, 2.05) is 12.1 Å². The van der Waals surface area contributed by atoms with Gasteiger partial charge in [0.1, 0.15) is 16.7 Å². The van der Waals surface area contributed by atoms with E-state index >= 15 is 0 Å². The quantitative estimate of drug-likeness (QED) is 0.474. The van der Waals surface area contributed by atoms with Crippen LogP contribution in [-0.4, -0.2) is 25.0 Å². The van der Waals surface area contributed by atoms with Crippen LogP contribution in [0.5, 0.6) is 0 Å². The number of halogens is 1. The molecule has 1 heterocycles. The summed E-state index contributed by atoms with van der Waals surface area (Å²) in [5, 5.41) is 11.9. The van der Waals surface area contributed by atoms with E-state index in [4.69, 9.17) is 16.0 Å². The Hall–Kier alpha value is -2.87. The molecule has 2 atom stereocenters. The Bertz CT molecular complexity index is 1410. The number of aliphatic carboxylic acids is 1. The van der Waals surface area contributed by atoms with E-state index in [9.17, 15) is 18.3 Å². The van der Waals surface area contributed by atoms with Crippen molar-refractivity contribution in [3.05, 3.63) is 77.3 Å². The zero-order valence-corrected chi connectivity index (χ0v) is 17.1. The highest BCUT2D eigenvalue weighted by atomic mass is 35.5. The standard InChI is InChI=1S/C22H16ClNO5S/c23-14-6-8-16-17-9-7-15(11-20(17)29-19(16)10-14)30(27,28)24-22(21(25)26)12-18(22)13-4-2-1-3-5-13/h1-11,18,24H,12H2,(H,25,26)/t18-,22-/m0/s1. The minimum Gasteiger partial charge on any atom is -0.480 e. The second kappa shape index (κ2) is 6.57. The van der Waals surface area contributed by atoms with Crippen LogP contribution in [0.25, 0.3) is 21.9 Å². The maximum atomic E-state index is 13.0. The van der Waals surface area contributed by atoms with E-state index in [1.54, 1.807) is 42.5 Å². The molecule has 0 aliphatic heterocycles. The SMILES string of the molecule is O=C(O)[C@]1(NS(=O)(=O)c2ccc3c(c2)oc2cc(Cl)ccc23)C[C@H]1c1ccccc1. The van der Waals surface area contributed by atoms with Crippen molar-refractivity contribution in [1.82, 2.24) is 4.72 Å². The molecule has 0 spiro atoms. The molecule has 1 aliphatic rings. The molecule has 0 saturated heterocycles. The first-order valence-electron chi connectivity index (χ1n) is 9.24. The van der Waals surface area contributed by atoms with E-state index in [0.29, 0.717) is 16.2 Å². The summed E-state index contributed by atoms with van der Waals surface area (Å²) in [4.78, 5) is 11.9. The van der Waals surface area contributed by atoms with Crippen LogP contribution in [0.15, 0.2) is 76.0 Å². The molecule has 0 unspecified atom stereocenters. The molecule has 0 radical (unpaired) electrons. The molecule has 3 aromatic carbocycles. The van der Waals surface area contributed by atoms with Gasteiger partial charge in [0.15, 0.2) is 0 Å². The highest BCUT2D eigenvalue weighted by Crippen LogP contribution is 2.52.